The molecule has 0 aliphatic heterocycles. The van der Waals surface area contributed by atoms with Gasteiger partial charge in [-0.05, 0) is 62.7 Å². The lowest BCUT2D eigenvalue weighted by Gasteiger charge is -2.30. The van der Waals surface area contributed by atoms with Crippen molar-refractivity contribution in [3.63, 3.8) is 0 Å². The highest BCUT2D eigenvalue weighted by atomic mass is 32.1. The molecule has 2 aromatic carbocycles. The van der Waals surface area contributed by atoms with Gasteiger partial charge < -0.3 is 14.8 Å². The van der Waals surface area contributed by atoms with Gasteiger partial charge in [0.05, 0.1) is 0 Å². The first kappa shape index (κ1) is 19.4. The van der Waals surface area contributed by atoms with Crippen LogP contribution in [0, 0.1) is 0 Å². The number of aryl methyl sites for hydroxylation is 2. The number of para-hydroxylation sites is 2. The Balaban J connectivity index is 1.87. The molecule has 0 radical (unpaired) electrons. The molecule has 0 saturated heterocycles. The fourth-order valence-corrected chi connectivity index (χ4v) is 3.91. The lowest BCUT2D eigenvalue weighted by Crippen LogP contribution is -2.39. The first-order valence-corrected chi connectivity index (χ1v) is 10.2. The normalized spacial score (nSPS) is 11.1. The zero-order valence-corrected chi connectivity index (χ0v) is 17.5. The number of nitrogens with one attached hydrogen (secondary N) is 1. The van der Waals surface area contributed by atoms with Gasteiger partial charge in [-0.3, -0.25) is 0 Å². The molecule has 0 bridgehead atoms. The van der Waals surface area contributed by atoms with E-state index >= 15 is 0 Å². The highest BCUT2D eigenvalue weighted by Gasteiger charge is 2.18. The van der Waals surface area contributed by atoms with Gasteiger partial charge in [-0.1, -0.05) is 43.3 Å². The largest absolute Gasteiger partial charge is 0.347 e. The van der Waals surface area contributed by atoms with Gasteiger partial charge >= 0.3 is 0 Å². The summed E-state index contributed by atoms with van der Waals surface area (Å²) >= 11 is 5.81. The Morgan fingerprint density at radius 2 is 1.74 bits per heavy atom. The van der Waals surface area contributed by atoms with Crippen LogP contribution in [0.15, 0.2) is 54.7 Å². The summed E-state index contributed by atoms with van der Waals surface area (Å²) in [5.74, 6) is 0. The molecule has 0 spiro atoms. The molecule has 0 amide bonds. The maximum Gasteiger partial charge on any atom is 0.173 e. The molecule has 0 atom stereocenters. The molecule has 0 unspecified atom stereocenters. The second kappa shape index (κ2) is 8.57. The van der Waals surface area contributed by atoms with Gasteiger partial charge in [-0.25, -0.2) is 0 Å². The second-order valence-corrected chi connectivity index (χ2v) is 7.51. The average molecular weight is 380 g/mol. The maximum atomic E-state index is 5.81. The maximum absolute atomic E-state index is 5.81. The van der Waals surface area contributed by atoms with Crippen molar-refractivity contribution < 1.29 is 0 Å². The van der Waals surface area contributed by atoms with Crippen molar-refractivity contribution in [2.75, 3.05) is 5.32 Å². The van der Waals surface area contributed by atoms with Crippen LogP contribution in [0.5, 0.6) is 0 Å². The van der Waals surface area contributed by atoms with Crippen molar-refractivity contribution in [3.05, 3.63) is 65.9 Å². The summed E-state index contributed by atoms with van der Waals surface area (Å²) in [5, 5.41) is 5.57. The highest BCUT2D eigenvalue weighted by Crippen LogP contribution is 2.24. The third-order valence-corrected chi connectivity index (χ3v) is 5.41. The quantitative estimate of drug-likeness (QED) is 0.544. The van der Waals surface area contributed by atoms with E-state index < -0.39 is 0 Å². The molecule has 142 valence electrons. The van der Waals surface area contributed by atoms with E-state index in [1.54, 1.807) is 0 Å². The Bertz CT molecular complexity index is 926. The third-order valence-electron chi connectivity index (χ3n) is 5.08. The Kier molecular flexibility index (Phi) is 6.17. The van der Waals surface area contributed by atoms with Gasteiger partial charge in [-0.15, -0.1) is 0 Å². The van der Waals surface area contributed by atoms with E-state index in [4.69, 9.17) is 12.2 Å². The minimum Gasteiger partial charge on any atom is -0.347 e. The van der Waals surface area contributed by atoms with E-state index in [0.29, 0.717) is 6.04 Å². The van der Waals surface area contributed by atoms with Gasteiger partial charge in [0, 0.05) is 41.9 Å². The number of thiocarbonyl (C=S) groups is 1. The Morgan fingerprint density at radius 3 is 2.44 bits per heavy atom. The van der Waals surface area contributed by atoms with Crippen LogP contribution in [-0.4, -0.2) is 20.6 Å². The molecule has 0 fully saturated rings. The zero-order chi connectivity index (χ0) is 19.4. The molecule has 27 heavy (non-hydrogen) atoms. The summed E-state index contributed by atoms with van der Waals surface area (Å²) in [6.07, 6.45) is 3.25. The molecule has 0 aliphatic rings. The van der Waals surface area contributed by atoms with Crippen molar-refractivity contribution in [2.45, 2.75) is 53.2 Å². The number of benzene rings is 2. The van der Waals surface area contributed by atoms with Crippen molar-refractivity contribution in [1.82, 2.24) is 9.47 Å². The van der Waals surface area contributed by atoms with E-state index in [1.807, 2.05) is 0 Å². The minimum absolute atomic E-state index is 0.308. The summed E-state index contributed by atoms with van der Waals surface area (Å²) < 4.78 is 2.31. The predicted molar refractivity (Wildman–Crippen MR) is 120 cm³/mol. The molecule has 3 aromatic rings. The summed E-state index contributed by atoms with van der Waals surface area (Å²) in [4.78, 5) is 2.27. The molecular weight excluding hydrogens is 350 g/mol. The highest BCUT2D eigenvalue weighted by molar-refractivity contribution is 7.80. The van der Waals surface area contributed by atoms with Crippen molar-refractivity contribution in [2.24, 2.45) is 0 Å². The number of rotatable bonds is 6. The van der Waals surface area contributed by atoms with Crippen LogP contribution in [0.1, 0.15) is 38.8 Å². The average Bonchev–Trinajstić information content (AvgIpc) is 3.04. The molecule has 1 aromatic heterocycles. The SMILES string of the molecule is CCc1ccccc1NC(=S)N(Cc1cn(CC)c2ccccc12)C(C)C. The lowest BCUT2D eigenvalue weighted by molar-refractivity contribution is 0.349. The van der Waals surface area contributed by atoms with Gasteiger partial charge in [0.2, 0.25) is 0 Å². The van der Waals surface area contributed by atoms with Crippen LogP contribution in [-0.2, 0) is 19.5 Å². The standard InChI is InChI=1S/C23H29N3S/c1-5-18-11-7-9-13-21(18)24-23(27)26(17(3)4)16-19-15-25(6-2)22-14-10-8-12-20(19)22/h7-15,17H,5-6,16H2,1-4H3,(H,24,27). The fraction of sp³-hybridized carbons (Fsp3) is 0.348. The van der Waals surface area contributed by atoms with Crippen LogP contribution in [0.2, 0.25) is 0 Å². The van der Waals surface area contributed by atoms with Gasteiger partial charge in [-0.2, -0.15) is 0 Å². The summed E-state index contributed by atoms with van der Waals surface area (Å²) in [6, 6.07) is 17.3. The molecule has 0 saturated carbocycles. The second-order valence-electron chi connectivity index (χ2n) is 7.12. The van der Waals surface area contributed by atoms with Crippen LogP contribution < -0.4 is 5.32 Å². The number of aromatic nitrogens is 1. The zero-order valence-electron chi connectivity index (χ0n) is 16.7. The van der Waals surface area contributed by atoms with Gasteiger partial charge in [0.1, 0.15) is 0 Å². The molecule has 1 N–H and O–H groups in total. The third kappa shape index (κ3) is 4.16. The summed E-state index contributed by atoms with van der Waals surface area (Å²) in [6.45, 7) is 10.5. The van der Waals surface area contributed by atoms with Crippen LogP contribution >= 0.6 is 12.2 Å². The number of anilines is 1. The Labute approximate surface area is 168 Å². The molecule has 1 heterocycles. The minimum atomic E-state index is 0.308. The van der Waals surface area contributed by atoms with E-state index in [2.05, 4.69) is 97.2 Å². The molecular formula is C23H29N3S. The van der Waals surface area contributed by atoms with E-state index in [9.17, 15) is 0 Å². The Morgan fingerprint density at radius 1 is 1.04 bits per heavy atom. The van der Waals surface area contributed by atoms with Crippen LogP contribution in [0.25, 0.3) is 10.9 Å². The van der Waals surface area contributed by atoms with Crippen LogP contribution in [0.4, 0.5) is 5.69 Å². The first-order chi connectivity index (χ1) is 13.0. The number of fused-ring (bicyclic) bond motifs is 1. The van der Waals surface area contributed by atoms with Crippen molar-refractivity contribution in [1.29, 1.82) is 0 Å². The van der Waals surface area contributed by atoms with Crippen molar-refractivity contribution in [3.8, 4) is 0 Å². The molecule has 3 rings (SSSR count). The smallest absolute Gasteiger partial charge is 0.173 e. The van der Waals surface area contributed by atoms with E-state index in [-0.39, 0.29) is 0 Å². The van der Waals surface area contributed by atoms with Gasteiger partial charge in [0.15, 0.2) is 5.11 Å². The molecule has 3 nitrogen and oxygen atoms in total. The van der Waals surface area contributed by atoms with Crippen LogP contribution in [0.3, 0.4) is 0 Å². The van der Waals surface area contributed by atoms with E-state index in [1.165, 1.54) is 22.0 Å². The number of hydrogen-bond acceptors (Lipinski definition) is 1. The Hall–Kier alpha value is -2.33. The predicted octanol–water partition coefficient (Wildman–Crippen LogP) is 5.83. The lowest BCUT2D eigenvalue weighted by atomic mass is 10.1. The first-order valence-electron chi connectivity index (χ1n) is 9.77. The topological polar surface area (TPSA) is 20.2 Å². The van der Waals surface area contributed by atoms with E-state index in [0.717, 1.165) is 30.3 Å². The number of nitrogens with zero attached hydrogens (tertiary/aromatic N) is 2. The fourth-order valence-electron chi connectivity index (χ4n) is 3.52. The summed E-state index contributed by atoms with van der Waals surface area (Å²) in [5.41, 5.74) is 4.99. The number of hydrogen-bond donors (Lipinski definition) is 1. The van der Waals surface area contributed by atoms with Crippen molar-refractivity contribution >= 4 is 33.9 Å². The van der Waals surface area contributed by atoms with Gasteiger partial charge in [0.25, 0.3) is 0 Å². The molecule has 0 aliphatic carbocycles. The molecule has 4 heteroatoms. The summed E-state index contributed by atoms with van der Waals surface area (Å²) in [7, 11) is 0. The monoisotopic (exact) mass is 379 g/mol.